The van der Waals surface area contributed by atoms with Gasteiger partial charge in [0.05, 0.1) is 18.7 Å². The quantitative estimate of drug-likeness (QED) is 0.781. The Morgan fingerprint density at radius 2 is 2.21 bits per heavy atom. The molecule has 5 nitrogen and oxygen atoms in total. The normalized spacial score (nSPS) is 10.5. The van der Waals surface area contributed by atoms with Gasteiger partial charge in [0.1, 0.15) is 0 Å². The molecule has 1 rings (SSSR count). The molecular weight excluding hydrogens is 264 g/mol. The molecule has 1 amide bonds. The molecule has 0 aliphatic heterocycles. The van der Waals surface area contributed by atoms with E-state index < -0.39 is 0 Å². The van der Waals surface area contributed by atoms with Gasteiger partial charge in [-0.15, -0.1) is 11.3 Å². The van der Waals surface area contributed by atoms with E-state index in [1.54, 1.807) is 12.3 Å². The van der Waals surface area contributed by atoms with Crippen LogP contribution in [0.2, 0.25) is 0 Å². The molecule has 1 N–H and O–H groups in total. The van der Waals surface area contributed by atoms with E-state index in [1.165, 1.54) is 11.3 Å². The minimum absolute atomic E-state index is 0.0364. The molecule has 0 aliphatic rings. The number of aromatic nitrogens is 1. The van der Waals surface area contributed by atoms with Crippen LogP contribution >= 0.6 is 11.3 Å². The van der Waals surface area contributed by atoms with E-state index in [4.69, 9.17) is 4.74 Å². The summed E-state index contributed by atoms with van der Waals surface area (Å²) in [6.45, 7) is 6.28. The zero-order valence-corrected chi connectivity index (χ0v) is 12.4. The highest BCUT2D eigenvalue weighted by atomic mass is 32.1. The molecule has 0 saturated carbocycles. The van der Waals surface area contributed by atoms with E-state index in [0.717, 1.165) is 6.42 Å². The van der Waals surface area contributed by atoms with Crippen molar-refractivity contribution in [3.63, 3.8) is 0 Å². The Balaban J connectivity index is 2.42. The molecule has 0 aliphatic carbocycles. The molecule has 1 aromatic heterocycles. The summed E-state index contributed by atoms with van der Waals surface area (Å²) in [5, 5.41) is 5.03. The van der Waals surface area contributed by atoms with Gasteiger partial charge in [0.15, 0.2) is 5.13 Å². The number of esters is 1. The van der Waals surface area contributed by atoms with Crippen LogP contribution in [0.5, 0.6) is 0 Å². The van der Waals surface area contributed by atoms with Crippen LogP contribution in [-0.4, -0.2) is 23.5 Å². The van der Waals surface area contributed by atoms with Crippen molar-refractivity contribution in [3.05, 3.63) is 11.1 Å². The van der Waals surface area contributed by atoms with Crippen LogP contribution in [-0.2, 0) is 20.7 Å². The van der Waals surface area contributed by atoms with Crippen LogP contribution in [0.1, 0.15) is 39.3 Å². The SMILES string of the molecule is CCOC(=O)Cc1csc(NC(=O)CCC(C)C)n1. The Morgan fingerprint density at radius 1 is 1.47 bits per heavy atom. The second kappa shape index (κ2) is 7.89. The van der Waals surface area contributed by atoms with Crippen LogP contribution < -0.4 is 5.32 Å². The minimum Gasteiger partial charge on any atom is -0.466 e. The predicted octanol–water partition coefficient (Wildman–Crippen LogP) is 2.62. The first-order valence-electron chi connectivity index (χ1n) is 6.41. The molecular formula is C13H20N2O3S. The summed E-state index contributed by atoms with van der Waals surface area (Å²) in [6.07, 6.45) is 1.49. The van der Waals surface area contributed by atoms with Crippen molar-refractivity contribution in [2.45, 2.75) is 40.0 Å². The molecule has 0 fully saturated rings. The van der Waals surface area contributed by atoms with Crippen LogP contribution in [0, 0.1) is 5.92 Å². The second-order valence-corrected chi connectivity index (χ2v) is 5.46. The molecule has 0 bridgehead atoms. The fourth-order valence-corrected chi connectivity index (χ4v) is 2.13. The number of hydrogen-bond acceptors (Lipinski definition) is 5. The first kappa shape index (κ1) is 15.6. The second-order valence-electron chi connectivity index (χ2n) is 4.61. The van der Waals surface area contributed by atoms with Gasteiger partial charge in [-0.1, -0.05) is 13.8 Å². The molecule has 0 spiro atoms. The zero-order valence-electron chi connectivity index (χ0n) is 11.6. The maximum Gasteiger partial charge on any atom is 0.311 e. The molecule has 6 heteroatoms. The number of amides is 1. The summed E-state index contributed by atoms with van der Waals surface area (Å²) in [7, 11) is 0. The number of ether oxygens (including phenoxy) is 1. The minimum atomic E-state index is -0.300. The van der Waals surface area contributed by atoms with E-state index in [0.29, 0.717) is 29.8 Å². The molecule has 0 radical (unpaired) electrons. The highest BCUT2D eigenvalue weighted by Crippen LogP contribution is 2.17. The van der Waals surface area contributed by atoms with E-state index in [9.17, 15) is 9.59 Å². The average molecular weight is 284 g/mol. The molecule has 0 atom stereocenters. The van der Waals surface area contributed by atoms with Crippen molar-refractivity contribution >= 4 is 28.3 Å². The predicted molar refractivity (Wildman–Crippen MR) is 75.2 cm³/mol. The summed E-state index contributed by atoms with van der Waals surface area (Å²) < 4.78 is 4.84. The highest BCUT2D eigenvalue weighted by Gasteiger charge is 2.10. The number of carbonyl (C=O) groups is 2. The summed E-state index contributed by atoms with van der Waals surface area (Å²) in [5.74, 6) is 0.164. The number of thiazole rings is 1. The molecule has 19 heavy (non-hydrogen) atoms. The van der Waals surface area contributed by atoms with Crippen LogP contribution in [0.25, 0.3) is 0 Å². The first-order chi connectivity index (χ1) is 9.01. The van der Waals surface area contributed by atoms with Crippen LogP contribution in [0.15, 0.2) is 5.38 Å². The number of carbonyl (C=O) groups excluding carboxylic acids is 2. The molecule has 106 valence electrons. The van der Waals surface area contributed by atoms with Crippen LogP contribution in [0.3, 0.4) is 0 Å². The Kier molecular flexibility index (Phi) is 6.49. The van der Waals surface area contributed by atoms with Gasteiger partial charge in [-0.2, -0.15) is 0 Å². The Hall–Kier alpha value is -1.43. The Morgan fingerprint density at radius 3 is 2.84 bits per heavy atom. The number of anilines is 1. The van der Waals surface area contributed by atoms with Crippen molar-refractivity contribution in [3.8, 4) is 0 Å². The Labute approximate surface area is 117 Å². The molecule has 0 unspecified atom stereocenters. The first-order valence-corrected chi connectivity index (χ1v) is 7.29. The fourth-order valence-electron chi connectivity index (χ4n) is 1.41. The third kappa shape index (κ3) is 6.33. The monoisotopic (exact) mass is 284 g/mol. The van der Waals surface area contributed by atoms with E-state index >= 15 is 0 Å². The van der Waals surface area contributed by atoms with Gasteiger partial charge in [-0.05, 0) is 19.3 Å². The van der Waals surface area contributed by atoms with Gasteiger partial charge in [0.25, 0.3) is 0 Å². The lowest BCUT2D eigenvalue weighted by Crippen LogP contribution is -2.12. The lowest BCUT2D eigenvalue weighted by atomic mass is 10.1. The zero-order chi connectivity index (χ0) is 14.3. The van der Waals surface area contributed by atoms with Gasteiger partial charge in [0, 0.05) is 11.8 Å². The summed E-state index contributed by atoms with van der Waals surface area (Å²) in [5.41, 5.74) is 0.627. The maximum absolute atomic E-state index is 11.6. The topological polar surface area (TPSA) is 68.3 Å². The van der Waals surface area contributed by atoms with Crippen molar-refractivity contribution in [1.29, 1.82) is 0 Å². The van der Waals surface area contributed by atoms with Crippen molar-refractivity contribution < 1.29 is 14.3 Å². The standard InChI is InChI=1S/C13H20N2O3S/c1-4-18-12(17)7-10-8-19-13(14-10)15-11(16)6-5-9(2)3/h8-9H,4-7H2,1-3H3,(H,14,15,16). The third-order valence-electron chi connectivity index (χ3n) is 2.38. The van der Waals surface area contributed by atoms with Crippen molar-refractivity contribution in [2.75, 3.05) is 11.9 Å². The number of nitrogens with one attached hydrogen (secondary N) is 1. The van der Waals surface area contributed by atoms with E-state index in [-0.39, 0.29) is 18.3 Å². The van der Waals surface area contributed by atoms with Crippen molar-refractivity contribution in [2.24, 2.45) is 5.92 Å². The molecule has 0 saturated heterocycles. The smallest absolute Gasteiger partial charge is 0.311 e. The average Bonchev–Trinajstić information content (AvgIpc) is 2.74. The van der Waals surface area contributed by atoms with Gasteiger partial charge in [0.2, 0.25) is 5.91 Å². The van der Waals surface area contributed by atoms with Crippen LogP contribution in [0.4, 0.5) is 5.13 Å². The highest BCUT2D eigenvalue weighted by molar-refractivity contribution is 7.13. The maximum atomic E-state index is 11.6. The third-order valence-corrected chi connectivity index (χ3v) is 3.18. The summed E-state index contributed by atoms with van der Waals surface area (Å²) >= 11 is 1.32. The number of rotatable bonds is 7. The summed E-state index contributed by atoms with van der Waals surface area (Å²) in [4.78, 5) is 27.1. The van der Waals surface area contributed by atoms with Gasteiger partial charge >= 0.3 is 5.97 Å². The van der Waals surface area contributed by atoms with Crippen molar-refractivity contribution in [1.82, 2.24) is 4.98 Å². The molecule has 0 aromatic carbocycles. The fraction of sp³-hybridized carbons (Fsp3) is 0.615. The lowest BCUT2D eigenvalue weighted by molar-refractivity contribution is -0.142. The lowest BCUT2D eigenvalue weighted by Gasteiger charge is -2.03. The largest absolute Gasteiger partial charge is 0.466 e. The van der Waals surface area contributed by atoms with Gasteiger partial charge in [-0.25, -0.2) is 4.98 Å². The number of nitrogens with zero attached hydrogens (tertiary/aromatic N) is 1. The molecule has 1 aromatic rings. The van der Waals surface area contributed by atoms with E-state index in [1.807, 2.05) is 0 Å². The number of hydrogen-bond donors (Lipinski definition) is 1. The van der Waals surface area contributed by atoms with Gasteiger partial charge in [-0.3, -0.25) is 9.59 Å². The van der Waals surface area contributed by atoms with Gasteiger partial charge < -0.3 is 10.1 Å². The molecule has 1 heterocycles. The van der Waals surface area contributed by atoms with E-state index in [2.05, 4.69) is 24.1 Å². The summed E-state index contributed by atoms with van der Waals surface area (Å²) in [6, 6.07) is 0. The Bertz CT molecular complexity index is 429.